The molecule has 1 aromatic carbocycles. The van der Waals surface area contributed by atoms with Gasteiger partial charge in [0.05, 0.1) is 23.4 Å². The largest absolute Gasteiger partial charge is 0.491 e. The van der Waals surface area contributed by atoms with Crippen LogP contribution in [0.2, 0.25) is 0 Å². The van der Waals surface area contributed by atoms with Crippen molar-refractivity contribution in [3.8, 4) is 5.75 Å². The average Bonchev–Trinajstić information content (AvgIpc) is 2.77. The first kappa shape index (κ1) is 13.9. The number of benzene rings is 1. The Morgan fingerprint density at radius 1 is 1.16 bits per heavy atom. The van der Waals surface area contributed by atoms with E-state index in [1.54, 1.807) is 11.3 Å². The van der Waals surface area contributed by atoms with Gasteiger partial charge in [0.2, 0.25) is 0 Å². The molecule has 1 heterocycles. The second-order valence-electron chi connectivity index (χ2n) is 4.86. The van der Waals surface area contributed by atoms with Crippen LogP contribution in [0.1, 0.15) is 37.4 Å². The quantitative estimate of drug-likeness (QED) is 0.878. The molecule has 1 unspecified atom stereocenters. The molecule has 0 saturated heterocycles. The van der Waals surface area contributed by atoms with Crippen molar-refractivity contribution in [3.63, 3.8) is 0 Å². The zero-order chi connectivity index (χ0) is 13.8. The van der Waals surface area contributed by atoms with Crippen molar-refractivity contribution in [2.24, 2.45) is 0 Å². The van der Waals surface area contributed by atoms with Crippen LogP contribution in [0, 0.1) is 6.92 Å². The lowest BCUT2D eigenvalue weighted by Crippen LogP contribution is -2.07. The summed E-state index contributed by atoms with van der Waals surface area (Å²) in [5.74, 6) is 0.905. The van der Waals surface area contributed by atoms with E-state index in [1.807, 2.05) is 50.5 Å². The zero-order valence-electron chi connectivity index (χ0n) is 11.8. The Kier molecular flexibility index (Phi) is 4.43. The smallest absolute Gasteiger partial charge is 0.119 e. The first-order chi connectivity index (χ1) is 9.06. The molecule has 1 N–H and O–H groups in total. The van der Waals surface area contributed by atoms with Gasteiger partial charge in [0.15, 0.2) is 0 Å². The molecule has 19 heavy (non-hydrogen) atoms. The van der Waals surface area contributed by atoms with Crippen LogP contribution in [0.5, 0.6) is 5.75 Å². The van der Waals surface area contributed by atoms with Crippen molar-refractivity contribution in [3.05, 3.63) is 40.3 Å². The van der Waals surface area contributed by atoms with Crippen LogP contribution < -0.4 is 10.1 Å². The third-order valence-corrected chi connectivity index (χ3v) is 3.90. The van der Waals surface area contributed by atoms with E-state index in [2.05, 4.69) is 17.2 Å². The van der Waals surface area contributed by atoms with Gasteiger partial charge in [-0.25, -0.2) is 4.98 Å². The van der Waals surface area contributed by atoms with E-state index in [0.717, 1.165) is 17.1 Å². The van der Waals surface area contributed by atoms with Crippen LogP contribution in [-0.4, -0.2) is 11.1 Å². The summed E-state index contributed by atoms with van der Waals surface area (Å²) < 4.78 is 5.63. The lowest BCUT2D eigenvalue weighted by molar-refractivity contribution is 0.242. The number of ether oxygens (including phenoxy) is 1. The summed E-state index contributed by atoms with van der Waals surface area (Å²) in [5.41, 5.74) is 4.09. The SMILES string of the molecule is Cc1ncsc1C(C)Nc1ccc(OC(C)C)cc1. The van der Waals surface area contributed by atoms with Gasteiger partial charge >= 0.3 is 0 Å². The molecule has 1 atom stereocenters. The molecule has 2 aromatic rings. The maximum Gasteiger partial charge on any atom is 0.119 e. The number of nitrogens with zero attached hydrogens (tertiary/aromatic N) is 1. The highest BCUT2D eigenvalue weighted by molar-refractivity contribution is 7.09. The number of aryl methyl sites for hydroxylation is 1. The van der Waals surface area contributed by atoms with Crippen molar-refractivity contribution < 1.29 is 4.74 Å². The minimum atomic E-state index is 0.206. The van der Waals surface area contributed by atoms with Crippen LogP contribution in [0.4, 0.5) is 5.69 Å². The topological polar surface area (TPSA) is 34.2 Å². The van der Waals surface area contributed by atoms with Crippen molar-refractivity contribution in [2.45, 2.75) is 39.8 Å². The third-order valence-electron chi connectivity index (χ3n) is 2.79. The van der Waals surface area contributed by atoms with Crippen molar-refractivity contribution in [1.29, 1.82) is 0 Å². The maximum absolute atomic E-state index is 5.63. The van der Waals surface area contributed by atoms with E-state index < -0.39 is 0 Å². The van der Waals surface area contributed by atoms with Gasteiger partial charge in [-0.1, -0.05) is 0 Å². The predicted molar refractivity (Wildman–Crippen MR) is 81.1 cm³/mol. The van der Waals surface area contributed by atoms with Crippen LogP contribution >= 0.6 is 11.3 Å². The average molecular weight is 276 g/mol. The molecule has 4 heteroatoms. The molecule has 0 aliphatic carbocycles. The van der Waals surface area contributed by atoms with Crippen LogP contribution in [0.25, 0.3) is 0 Å². The minimum absolute atomic E-state index is 0.206. The summed E-state index contributed by atoms with van der Waals surface area (Å²) in [6.45, 7) is 8.25. The molecule has 0 bridgehead atoms. The Labute approximate surface area is 118 Å². The van der Waals surface area contributed by atoms with Gasteiger partial charge in [0, 0.05) is 10.6 Å². The summed E-state index contributed by atoms with van der Waals surface area (Å²) in [5, 5.41) is 3.48. The fraction of sp³-hybridized carbons (Fsp3) is 0.400. The van der Waals surface area contributed by atoms with Gasteiger partial charge in [0.25, 0.3) is 0 Å². The van der Waals surface area contributed by atoms with Crippen LogP contribution in [-0.2, 0) is 0 Å². The van der Waals surface area contributed by atoms with E-state index in [4.69, 9.17) is 4.74 Å². The van der Waals surface area contributed by atoms with Crippen LogP contribution in [0.15, 0.2) is 29.8 Å². The fourth-order valence-corrected chi connectivity index (χ4v) is 2.75. The van der Waals surface area contributed by atoms with E-state index in [0.29, 0.717) is 0 Å². The minimum Gasteiger partial charge on any atom is -0.491 e. The lowest BCUT2D eigenvalue weighted by Gasteiger charge is -2.15. The first-order valence-electron chi connectivity index (χ1n) is 6.49. The maximum atomic E-state index is 5.63. The Morgan fingerprint density at radius 3 is 2.37 bits per heavy atom. The van der Waals surface area contributed by atoms with E-state index >= 15 is 0 Å². The number of aromatic nitrogens is 1. The second-order valence-corrected chi connectivity index (χ2v) is 5.75. The number of hydrogen-bond acceptors (Lipinski definition) is 4. The summed E-state index contributed by atoms with van der Waals surface area (Å²) in [6.07, 6.45) is 0.206. The van der Waals surface area contributed by atoms with E-state index in [-0.39, 0.29) is 12.1 Å². The molecule has 0 aliphatic rings. The normalized spacial score (nSPS) is 12.5. The van der Waals surface area contributed by atoms with Crippen molar-refractivity contribution >= 4 is 17.0 Å². The standard InChI is InChI=1S/C15H20N2OS/c1-10(2)18-14-7-5-13(6-8-14)17-12(4)15-11(3)16-9-19-15/h5-10,12,17H,1-4H3. The molecule has 0 aliphatic heterocycles. The predicted octanol–water partition coefficient (Wildman–Crippen LogP) is 4.41. The first-order valence-corrected chi connectivity index (χ1v) is 7.37. The molecule has 0 spiro atoms. The van der Waals surface area contributed by atoms with Gasteiger partial charge in [-0.15, -0.1) is 11.3 Å². The Balaban J connectivity index is 2.01. The monoisotopic (exact) mass is 276 g/mol. The van der Waals surface area contributed by atoms with Gasteiger partial charge < -0.3 is 10.1 Å². The highest BCUT2D eigenvalue weighted by Gasteiger charge is 2.10. The Bertz CT molecular complexity index is 519. The van der Waals surface area contributed by atoms with Gasteiger partial charge in [-0.05, 0) is 52.0 Å². The third kappa shape index (κ3) is 3.70. The molecular formula is C15H20N2OS. The van der Waals surface area contributed by atoms with E-state index in [1.165, 1.54) is 4.88 Å². The van der Waals surface area contributed by atoms with Gasteiger partial charge in [-0.2, -0.15) is 0 Å². The number of anilines is 1. The molecule has 1 aromatic heterocycles. The van der Waals surface area contributed by atoms with Crippen molar-refractivity contribution in [2.75, 3.05) is 5.32 Å². The number of hydrogen-bond donors (Lipinski definition) is 1. The molecule has 0 radical (unpaired) electrons. The summed E-state index contributed by atoms with van der Waals surface area (Å²) in [7, 11) is 0. The summed E-state index contributed by atoms with van der Waals surface area (Å²) >= 11 is 1.69. The molecule has 0 fully saturated rings. The molecule has 0 amide bonds. The second kappa shape index (κ2) is 6.06. The Morgan fingerprint density at radius 2 is 1.84 bits per heavy atom. The lowest BCUT2D eigenvalue weighted by atomic mass is 10.2. The number of thiazole rings is 1. The highest BCUT2D eigenvalue weighted by atomic mass is 32.1. The van der Waals surface area contributed by atoms with Crippen LogP contribution in [0.3, 0.4) is 0 Å². The summed E-state index contributed by atoms with van der Waals surface area (Å²) in [6, 6.07) is 8.35. The molecule has 0 saturated carbocycles. The molecule has 2 rings (SSSR count). The molecular weight excluding hydrogens is 256 g/mol. The van der Waals surface area contributed by atoms with E-state index in [9.17, 15) is 0 Å². The van der Waals surface area contributed by atoms with Gasteiger partial charge in [-0.3, -0.25) is 0 Å². The van der Waals surface area contributed by atoms with Gasteiger partial charge in [0.1, 0.15) is 5.75 Å². The fourth-order valence-electron chi connectivity index (χ4n) is 1.94. The number of rotatable bonds is 5. The Hall–Kier alpha value is -1.55. The van der Waals surface area contributed by atoms with Crippen molar-refractivity contribution in [1.82, 2.24) is 4.98 Å². The zero-order valence-corrected chi connectivity index (χ0v) is 12.6. The number of nitrogens with one attached hydrogen (secondary N) is 1. The molecule has 102 valence electrons. The molecule has 3 nitrogen and oxygen atoms in total. The highest BCUT2D eigenvalue weighted by Crippen LogP contribution is 2.26. The summed E-state index contributed by atoms with van der Waals surface area (Å²) in [4.78, 5) is 5.56.